The number of nitrogens with zero attached hydrogens (tertiary/aromatic N) is 2. The number of hydrogen-bond donors (Lipinski definition) is 1. The van der Waals surface area contributed by atoms with E-state index in [1.54, 1.807) is 13.0 Å². The Morgan fingerprint density at radius 3 is 2.54 bits per heavy atom. The third-order valence-corrected chi connectivity index (χ3v) is 6.60. The zero-order valence-electron chi connectivity index (χ0n) is 20.5. The number of benzene rings is 2. The fourth-order valence-corrected chi connectivity index (χ4v) is 5.20. The Balaban J connectivity index is 1.60. The van der Waals surface area contributed by atoms with Crippen LogP contribution in [0.25, 0.3) is 0 Å². The van der Waals surface area contributed by atoms with Crippen molar-refractivity contribution < 1.29 is 19.1 Å². The highest BCUT2D eigenvalue weighted by Crippen LogP contribution is 2.43. The summed E-state index contributed by atoms with van der Waals surface area (Å²) in [5.74, 6) is -0.151. The molecule has 2 aromatic rings. The van der Waals surface area contributed by atoms with Gasteiger partial charge >= 0.3 is 5.97 Å². The van der Waals surface area contributed by atoms with Gasteiger partial charge in [-0.05, 0) is 57.2 Å². The van der Waals surface area contributed by atoms with Crippen LogP contribution in [0.4, 0.5) is 5.69 Å². The van der Waals surface area contributed by atoms with Crippen LogP contribution in [0.1, 0.15) is 42.1 Å². The molecule has 1 atom stereocenters. The molecule has 2 heterocycles. The predicted octanol–water partition coefficient (Wildman–Crippen LogP) is 5.40. The van der Waals surface area contributed by atoms with Gasteiger partial charge in [0, 0.05) is 17.5 Å². The standard InChI is InChI=1S/C27H29N3O4S/c1-6-33-26(32)23-19(5)28-27-30(11-12-35-27)25(23)20-9-7-8-10-21(20)34-15-22(31)29-24-17(3)13-16(2)14-18(24)4/h7-14,25H,6,15H2,1-5H3,(H,29,31)/t25-/m1/s1. The number of allylic oxidation sites excluding steroid dienone is 1. The summed E-state index contributed by atoms with van der Waals surface area (Å²) < 4.78 is 11.4. The Bertz CT molecular complexity index is 1240. The Labute approximate surface area is 209 Å². The Hall–Kier alpha value is -3.52. The number of anilines is 1. The number of hydrogen-bond acceptors (Lipinski definition) is 7. The molecule has 0 aromatic heterocycles. The molecule has 4 rings (SSSR count). The van der Waals surface area contributed by atoms with Crippen LogP contribution in [0, 0.1) is 20.8 Å². The molecule has 0 saturated heterocycles. The Morgan fingerprint density at radius 2 is 1.83 bits per heavy atom. The van der Waals surface area contributed by atoms with Crippen LogP contribution in [-0.2, 0) is 14.3 Å². The van der Waals surface area contributed by atoms with E-state index in [9.17, 15) is 9.59 Å². The van der Waals surface area contributed by atoms with Crippen molar-refractivity contribution >= 4 is 34.5 Å². The molecule has 0 fully saturated rings. The van der Waals surface area contributed by atoms with E-state index in [2.05, 4.69) is 10.3 Å². The molecule has 2 aliphatic heterocycles. The minimum Gasteiger partial charge on any atom is -0.483 e. The number of ether oxygens (including phenoxy) is 2. The first-order valence-electron chi connectivity index (χ1n) is 11.5. The first-order valence-corrected chi connectivity index (χ1v) is 12.4. The number of rotatable bonds is 7. The monoisotopic (exact) mass is 491 g/mol. The number of aliphatic imine (C=N–C) groups is 1. The van der Waals surface area contributed by atoms with Crippen molar-refractivity contribution in [2.45, 2.75) is 40.7 Å². The van der Waals surface area contributed by atoms with Crippen molar-refractivity contribution in [2.75, 3.05) is 18.5 Å². The van der Waals surface area contributed by atoms with E-state index in [-0.39, 0.29) is 19.1 Å². The Kier molecular flexibility index (Phi) is 7.31. The van der Waals surface area contributed by atoms with Crippen LogP contribution in [0.3, 0.4) is 0 Å². The number of esters is 1. The van der Waals surface area contributed by atoms with Crippen molar-refractivity contribution in [3.8, 4) is 5.75 Å². The predicted molar refractivity (Wildman–Crippen MR) is 139 cm³/mol. The fourth-order valence-electron chi connectivity index (χ4n) is 4.41. The van der Waals surface area contributed by atoms with Gasteiger partial charge in [0.15, 0.2) is 11.8 Å². The van der Waals surface area contributed by atoms with Gasteiger partial charge in [0.25, 0.3) is 5.91 Å². The normalized spacial score (nSPS) is 16.7. The second-order valence-electron chi connectivity index (χ2n) is 8.48. The van der Waals surface area contributed by atoms with Gasteiger partial charge in [0.1, 0.15) is 5.75 Å². The molecule has 1 N–H and O–H groups in total. The van der Waals surface area contributed by atoms with E-state index in [4.69, 9.17) is 9.47 Å². The van der Waals surface area contributed by atoms with Crippen LogP contribution < -0.4 is 10.1 Å². The molecule has 2 aromatic carbocycles. The van der Waals surface area contributed by atoms with E-state index in [0.717, 1.165) is 33.1 Å². The number of amides is 1. The lowest BCUT2D eigenvalue weighted by Crippen LogP contribution is -2.34. The molecule has 1 amide bonds. The zero-order chi connectivity index (χ0) is 25.1. The number of thioether (sulfide) groups is 1. The molecule has 0 unspecified atom stereocenters. The largest absolute Gasteiger partial charge is 0.483 e. The smallest absolute Gasteiger partial charge is 0.338 e. The quantitative estimate of drug-likeness (QED) is 0.523. The second kappa shape index (κ2) is 10.4. The number of fused-ring (bicyclic) bond motifs is 1. The molecule has 182 valence electrons. The summed E-state index contributed by atoms with van der Waals surface area (Å²) in [6.07, 6.45) is 1.90. The lowest BCUT2D eigenvalue weighted by Gasteiger charge is -2.34. The Morgan fingerprint density at radius 1 is 1.11 bits per heavy atom. The van der Waals surface area contributed by atoms with Gasteiger partial charge in [-0.1, -0.05) is 47.7 Å². The molecule has 0 spiro atoms. The maximum atomic E-state index is 12.9. The molecule has 0 saturated carbocycles. The fraction of sp³-hybridized carbons (Fsp3) is 0.296. The van der Waals surface area contributed by atoms with E-state index < -0.39 is 12.0 Å². The maximum Gasteiger partial charge on any atom is 0.338 e. The van der Waals surface area contributed by atoms with Crippen LogP contribution >= 0.6 is 11.8 Å². The van der Waals surface area contributed by atoms with Gasteiger partial charge in [-0.2, -0.15) is 0 Å². The van der Waals surface area contributed by atoms with Gasteiger partial charge in [-0.3, -0.25) is 4.79 Å². The highest BCUT2D eigenvalue weighted by Gasteiger charge is 2.38. The van der Waals surface area contributed by atoms with E-state index in [1.807, 2.05) is 74.5 Å². The van der Waals surface area contributed by atoms with Crippen molar-refractivity contribution in [1.29, 1.82) is 0 Å². The lowest BCUT2D eigenvalue weighted by atomic mass is 9.94. The van der Waals surface area contributed by atoms with Gasteiger partial charge in [0.2, 0.25) is 0 Å². The number of aryl methyl sites for hydroxylation is 3. The number of carbonyl (C=O) groups is 2. The van der Waals surface area contributed by atoms with Crippen LogP contribution in [0.15, 0.2) is 64.3 Å². The molecule has 2 aliphatic rings. The maximum absolute atomic E-state index is 12.9. The van der Waals surface area contributed by atoms with E-state index in [0.29, 0.717) is 17.0 Å². The molecular weight excluding hydrogens is 462 g/mol. The van der Waals surface area contributed by atoms with Crippen molar-refractivity contribution in [2.24, 2.45) is 4.99 Å². The minimum absolute atomic E-state index is 0.167. The summed E-state index contributed by atoms with van der Waals surface area (Å²) in [5.41, 5.74) is 5.76. The van der Waals surface area contributed by atoms with Crippen molar-refractivity contribution in [3.63, 3.8) is 0 Å². The second-order valence-corrected chi connectivity index (χ2v) is 9.35. The number of nitrogens with one attached hydrogen (secondary N) is 1. The third kappa shape index (κ3) is 5.12. The topological polar surface area (TPSA) is 80.2 Å². The number of carbonyl (C=O) groups excluding carboxylic acids is 2. The average Bonchev–Trinajstić information content (AvgIpc) is 3.27. The summed E-state index contributed by atoms with van der Waals surface area (Å²) in [6.45, 7) is 9.66. The van der Waals surface area contributed by atoms with Crippen molar-refractivity contribution in [1.82, 2.24) is 4.90 Å². The molecule has 0 bridgehead atoms. The summed E-state index contributed by atoms with van der Waals surface area (Å²) >= 11 is 1.49. The van der Waals surface area contributed by atoms with Crippen LogP contribution in [0.2, 0.25) is 0 Å². The summed E-state index contributed by atoms with van der Waals surface area (Å²) in [4.78, 5) is 32.3. The summed E-state index contributed by atoms with van der Waals surface area (Å²) in [5, 5.41) is 5.67. The molecule has 7 nitrogen and oxygen atoms in total. The van der Waals surface area contributed by atoms with Crippen LogP contribution in [-0.4, -0.2) is 35.2 Å². The minimum atomic E-state index is -0.478. The highest BCUT2D eigenvalue weighted by molar-refractivity contribution is 8.16. The van der Waals surface area contributed by atoms with Gasteiger partial charge < -0.3 is 19.7 Å². The molecule has 0 aliphatic carbocycles. The molecule has 0 radical (unpaired) electrons. The van der Waals surface area contributed by atoms with Gasteiger partial charge in [-0.25, -0.2) is 9.79 Å². The lowest BCUT2D eigenvalue weighted by molar-refractivity contribution is -0.139. The number of para-hydroxylation sites is 1. The first kappa shape index (κ1) is 24.6. The first-order chi connectivity index (χ1) is 16.8. The summed E-state index contributed by atoms with van der Waals surface area (Å²) in [6, 6.07) is 11.0. The van der Waals surface area contributed by atoms with E-state index >= 15 is 0 Å². The molecule has 8 heteroatoms. The molecule has 35 heavy (non-hydrogen) atoms. The summed E-state index contributed by atoms with van der Waals surface area (Å²) in [7, 11) is 0. The number of amidine groups is 1. The van der Waals surface area contributed by atoms with Gasteiger partial charge in [-0.15, -0.1) is 0 Å². The highest BCUT2D eigenvalue weighted by atomic mass is 32.2. The van der Waals surface area contributed by atoms with E-state index in [1.165, 1.54) is 11.8 Å². The SMILES string of the molecule is CCOC(=O)C1=C(C)N=C2SC=CN2[C@@H]1c1ccccc1OCC(=O)Nc1c(C)cc(C)cc1C. The zero-order valence-corrected chi connectivity index (χ0v) is 21.4. The molecular formula is C27H29N3O4S. The third-order valence-electron chi connectivity index (χ3n) is 5.83. The van der Waals surface area contributed by atoms with Crippen LogP contribution in [0.5, 0.6) is 5.75 Å². The van der Waals surface area contributed by atoms with Crippen molar-refractivity contribution in [3.05, 3.63) is 81.5 Å². The average molecular weight is 492 g/mol. The van der Waals surface area contributed by atoms with Gasteiger partial charge in [0.05, 0.1) is 23.9 Å².